The van der Waals surface area contributed by atoms with E-state index in [9.17, 15) is 17.6 Å². The number of nitrogens with zero attached hydrogens (tertiary/aromatic N) is 1. The topological polar surface area (TPSA) is 87.6 Å². The van der Waals surface area contributed by atoms with Crippen LogP contribution in [0.4, 0.5) is 10.1 Å². The lowest BCUT2D eigenvalue weighted by Crippen LogP contribution is -2.30. The SMILES string of the molecule is O=C(Nc1ccc(S(=O)(=O)NC2=NCCCCC2)cc1)c1cccc(F)c1. The van der Waals surface area contributed by atoms with Gasteiger partial charge in [-0.1, -0.05) is 12.5 Å². The normalized spacial score (nSPS) is 14.8. The number of halogens is 1. The fourth-order valence-corrected chi connectivity index (χ4v) is 3.81. The molecule has 0 bridgehead atoms. The van der Waals surface area contributed by atoms with Gasteiger partial charge in [0.05, 0.1) is 4.90 Å². The molecule has 1 aliphatic rings. The number of benzene rings is 2. The number of rotatable bonds is 4. The lowest BCUT2D eigenvalue weighted by Gasteiger charge is -2.11. The predicted octanol–water partition coefficient (Wildman–Crippen LogP) is 3.33. The first-order valence-corrected chi connectivity index (χ1v) is 10.2. The Morgan fingerprint density at radius 1 is 1.04 bits per heavy atom. The largest absolute Gasteiger partial charge is 0.322 e. The van der Waals surface area contributed by atoms with Crippen LogP contribution in [0.1, 0.15) is 36.0 Å². The molecule has 2 aromatic rings. The molecule has 27 heavy (non-hydrogen) atoms. The van der Waals surface area contributed by atoms with Crippen LogP contribution in [-0.4, -0.2) is 26.7 Å². The molecule has 0 spiro atoms. The Balaban J connectivity index is 1.69. The number of hydrogen-bond donors (Lipinski definition) is 2. The molecule has 1 amide bonds. The average molecular weight is 389 g/mol. The Bertz CT molecular complexity index is 956. The van der Waals surface area contributed by atoms with Crippen molar-refractivity contribution in [2.24, 2.45) is 4.99 Å². The summed E-state index contributed by atoms with van der Waals surface area (Å²) in [4.78, 5) is 16.5. The summed E-state index contributed by atoms with van der Waals surface area (Å²) >= 11 is 0. The molecule has 6 nitrogen and oxygen atoms in total. The molecule has 1 aliphatic heterocycles. The fraction of sp³-hybridized carbons (Fsp3) is 0.263. The lowest BCUT2D eigenvalue weighted by molar-refractivity contribution is 0.102. The van der Waals surface area contributed by atoms with Gasteiger partial charge in [0.2, 0.25) is 0 Å². The molecule has 8 heteroatoms. The maximum Gasteiger partial charge on any atom is 0.262 e. The molecule has 1 heterocycles. The highest BCUT2D eigenvalue weighted by Gasteiger charge is 2.17. The van der Waals surface area contributed by atoms with Crippen LogP contribution in [0.5, 0.6) is 0 Å². The zero-order chi connectivity index (χ0) is 19.3. The van der Waals surface area contributed by atoms with Gasteiger partial charge < -0.3 is 5.32 Å². The van der Waals surface area contributed by atoms with Gasteiger partial charge in [-0.3, -0.25) is 14.5 Å². The molecular weight excluding hydrogens is 369 g/mol. The van der Waals surface area contributed by atoms with E-state index in [1.165, 1.54) is 42.5 Å². The molecule has 2 N–H and O–H groups in total. The molecule has 3 rings (SSSR count). The van der Waals surface area contributed by atoms with Crippen molar-refractivity contribution in [3.05, 3.63) is 59.9 Å². The minimum absolute atomic E-state index is 0.0817. The number of amidine groups is 1. The zero-order valence-corrected chi connectivity index (χ0v) is 15.4. The quantitative estimate of drug-likeness (QED) is 0.841. The van der Waals surface area contributed by atoms with Gasteiger partial charge >= 0.3 is 0 Å². The maximum atomic E-state index is 13.2. The molecule has 0 atom stereocenters. The first kappa shape index (κ1) is 19.0. The van der Waals surface area contributed by atoms with Crippen LogP contribution in [0.15, 0.2) is 58.4 Å². The number of anilines is 1. The third-order valence-electron chi connectivity index (χ3n) is 4.14. The van der Waals surface area contributed by atoms with Crippen molar-refractivity contribution in [3.8, 4) is 0 Å². The van der Waals surface area contributed by atoms with Crippen molar-refractivity contribution in [3.63, 3.8) is 0 Å². The zero-order valence-electron chi connectivity index (χ0n) is 14.6. The Morgan fingerprint density at radius 2 is 1.81 bits per heavy atom. The summed E-state index contributed by atoms with van der Waals surface area (Å²) in [6.45, 7) is 0.628. The van der Waals surface area contributed by atoms with Gasteiger partial charge in [0, 0.05) is 24.2 Å². The van der Waals surface area contributed by atoms with Crippen molar-refractivity contribution in [1.82, 2.24) is 4.72 Å². The van der Waals surface area contributed by atoms with Crippen LogP contribution in [0.3, 0.4) is 0 Å². The smallest absolute Gasteiger partial charge is 0.262 e. The van der Waals surface area contributed by atoms with Gasteiger partial charge in [0.15, 0.2) is 0 Å². The molecule has 2 aromatic carbocycles. The van der Waals surface area contributed by atoms with Crippen LogP contribution in [0.25, 0.3) is 0 Å². The Hall–Kier alpha value is -2.74. The minimum Gasteiger partial charge on any atom is -0.322 e. The second-order valence-corrected chi connectivity index (χ2v) is 7.92. The van der Waals surface area contributed by atoms with Gasteiger partial charge in [0.1, 0.15) is 11.7 Å². The van der Waals surface area contributed by atoms with E-state index in [2.05, 4.69) is 15.0 Å². The number of nitrogens with one attached hydrogen (secondary N) is 2. The molecule has 0 radical (unpaired) electrons. The van der Waals surface area contributed by atoms with Crippen molar-refractivity contribution < 1.29 is 17.6 Å². The second kappa shape index (κ2) is 8.30. The van der Waals surface area contributed by atoms with E-state index in [1.807, 2.05) is 0 Å². The summed E-state index contributed by atoms with van der Waals surface area (Å²) < 4.78 is 40.7. The first-order chi connectivity index (χ1) is 12.9. The molecule has 0 aromatic heterocycles. The third kappa shape index (κ3) is 5.13. The Morgan fingerprint density at radius 3 is 2.56 bits per heavy atom. The van der Waals surface area contributed by atoms with E-state index in [4.69, 9.17) is 0 Å². The summed E-state index contributed by atoms with van der Waals surface area (Å²) in [7, 11) is -3.72. The summed E-state index contributed by atoms with van der Waals surface area (Å²) in [5.74, 6) is -0.497. The highest BCUT2D eigenvalue weighted by Crippen LogP contribution is 2.16. The van der Waals surface area contributed by atoms with Gasteiger partial charge in [-0.2, -0.15) is 0 Å². The molecule has 0 aliphatic carbocycles. The summed E-state index contributed by atoms with van der Waals surface area (Å²) in [5.41, 5.74) is 0.592. The number of carbonyl (C=O) groups excluding carboxylic acids is 1. The number of sulfonamides is 1. The third-order valence-corrected chi connectivity index (χ3v) is 5.53. The predicted molar refractivity (Wildman–Crippen MR) is 102 cm³/mol. The van der Waals surface area contributed by atoms with Gasteiger partial charge in [0.25, 0.3) is 15.9 Å². The minimum atomic E-state index is -3.72. The van der Waals surface area contributed by atoms with Gasteiger partial charge in [-0.15, -0.1) is 0 Å². The maximum absolute atomic E-state index is 13.2. The summed E-state index contributed by atoms with van der Waals surface area (Å²) in [5, 5.41) is 2.61. The molecule has 0 saturated heterocycles. The van der Waals surface area contributed by atoms with Crippen LogP contribution in [0.2, 0.25) is 0 Å². The van der Waals surface area contributed by atoms with Gasteiger partial charge in [-0.05, 0) is 55.3 Å². The van der Waals surface area contributed by atoms with E-state index in [0.717, 1.165) is 25.3 Å². The molecule has 0 saturated carbocycles. The fourth-order valence-electron chi connectivity index (χ4n) is 2.72. The molecule has 0 unspecified atom stereocenters. The summed E-state index contributed by atoms with van der Waals surface area (Å²) in [6.07, 6.45) is 3.52. The van der Waals surface area contributed by atoms with Crippen LogP contribution in [-0.2, 0) is 10.0 Å². The van der Waals surface area contributed by atoms with Crippen LogP contribution >= 0.6 is 0 Å². The van der Waals surface area contributed by atoms with Crippen molar-refractivity contribution in [1.29, 1.82) is 0 Å². The summed E-state index contributed by atoms with van der Waals surface area (Å²) in [6, 6.07) is 11.1. The second-order valence-electron chi connectivity index (χ2n) is 6.23. The standard InChI is InChI=1S/C19H20FN3O3S/c20-15-6-4-5-14(13-15)19(24)22-16-8-10-17(11-9-16)27(25,26)23-18-7-2-1-3-12-21-18/h4-6,8-11,13H,1-3,7,12H2,(H,21,23)(H,22,24). The molecule has 0 fully saturated rings. The van der Waals surface area contributed by atoms with Crippen molar-refractivity contribution in [2.45, 2.75) is 30.6 Å². The van der Waals surface area contributed by atoms with Crippen molar-refractivity contribution in [2.75, 3.05) is 11.9 Å². The lowest BCUT2D eigenvalue weighted by atomic mass is 10.2. The van der Waals surface area contributed by atoms with Crippen LogP contribution in [0, 0.1) is 5.82 Å². The average Bonchev–Trinajstić information content (AvgIpc) is 2.90. The van der Waals surface area contributed by atoms with E-state index >= 15 is 0 Å². The highest BCUT2D eigenvalue weighted by molar-refractivity contribution is 7.90. The highest BCUT2D eigenvalue weighted by atomic mass is 32.2. The van der Waals surface area contributed by atoms with E-state index in [1.54, 1.807) is 0 Å². The monoisotopic (exact) mass is 389 g/mol. The van der Waals surface area contributed by atoms with Gasteiger partial charge in [-0.25, -0.2) is 12.8 Å². The Labute approximate surface area is 157 Å². The molecule has 142 valence electrons. The number of amides is 1. The molecular formula is C19H20FN3O3S. The number of hydrogen-bond acceptors (Lipinski definition) is 4. The van der Waals surface area contributed by atoms with E-state index in [-0.39, 0.29) is 10.5 Å². The van der Waals surface area contributed by atoms with Crippen LogP contribution < -0.4 is 10.0 Å². The van der Waals surface area contributed by atoms with E-state index in [0.29, 0.717) is 24.5 Å². The van der Waals surface area contributed by atoms with Crippen molar-refractivity contribution >= 4 is 27.5 Å². The van der Waals surface area contributed by atoms with E-state index < -0.39 is 21.7 Å². The number of carbonyl (C=O) groups is 1. The first-order valence-electron chi connectivity index (χ1n) is 8.67. The Kier molecular flexibility index (Phi) is 5.85. The number of aliphatic imine (C=N–C) groups is 1.